The molecule has 3 aliphatic carbocycles. The fraction of sp³-hybridized carbons (Fsp3) is 0.486. The number of rotatable bonds is 10. The number of carbonyl (C=O) groups is 1. The number of ether oxygens (including phenoxy) is 1. The van der Waals surface area contributed by atoms with Crippen molar-refractivity contribution in [1.29, 1.82) is 0 Å². The molecular formula is C35H42ClN2O8P. The predicted octanol–water partition coefficient (Wildman–Crippen LogP) is 7.38. The highest BCUT2D eigenvalue weighted by Crippen LogP contribution is 2.58. The van der Waals surface area contributed by atoms with E-state index in [9.17, 15) is 29.4 Å². The molecule has 1 unspecified atom stereocenters. The molecule has 3 aliphatic rings. The molecular weight excluding hydrogens is 643 g/mol. The molecule has 3 aromatic rings. The molecule has 5 N–H and O–H groups in total. The van der Waals surface area contributed by atoms with Crippen LogP contribution in [0.2, 0.25) is 5.02 Å². The van der Waals surface area contributed by atoms with Gasteiger partial charge in [-0.3, -0.25) is 14.8 Å². The average molecular weight is 685 g/mol. The summed E-state index contributed by atoms with van der Waals surface area (Å²) in [7, 11) is -4.94. The highest BCUT2D eigenvalue weighted by atomic mass is 35.5. The zero-order valence-corrected chi connectivity index (χ0v) is 28.3. The summed E-state index contributed by atoms with van der Waals surface area (Å²) in [6.45, 7) is 4.87. The summed E-state index contributed by atoms with van der Waals surface area (Å²) in [5, 5.41) is 24.9. The minimum absolute atomic E-state index is 0.0732. The quantitative estimate of drug-likeness (QED) is 0.136. The normalized spacial score (nSPS) is 25.9. The smallest absolute Gasteiger partial charge is 0.504 e. The monoisotopic (exact) mass is 684 g/mol. The average Bonchev–Trinajstić information content (AvgIpc) is 3.27. The Morgan fingerprint density at radius 3 is 2.62 bits per heavy atom. The van der Waals surface area contributed by atoms with Gasteiger partial charge >= 0.3 is 13.8 Å². The summed E-state index contributed by atoms with van der Waals surface area (Å²) in [5.41, 5.74) is 2.94. The number of phenolic OH excluding ortho intramolecular Hbond substituents is 1. The maximum Gasteiger partial charge on any atom is 0.524 e. The second-order valence-corrected chi connectivity index (χ2v) is 15.4. The van der Waals surface area contributed by atoms with Crippen molar-refractivity contribution < 1.29 is 38.6 Å². The standard InChI is InChI=1S/C35H42ClN2O8P/c1-21(20-45-30-9-14-37-28-8-3-5-22(2)32(28)30)15-24-16-23-17-29(39)31(46-47(42,43)44)19-27(23)34(24)10-12-35(13-11-34,33(40)41)38-26-7-4-6-25(36)18-26/h4,6-7,9,14,17-19,21-22,24,38-39H,3,5,8,10-13,15-16,20H2,1-2H3,(H,40,41)(H2,42,43,44)/t21-,22-,24?,34?,35?/m1/s1. The van der Waals surface area contributed by atoms with Gasteiger partial charge in [-0.05, 0) is 128 Å². The van der Waals surface area contributed by atoms with Crippen LogP contribution in [-0.2, 0) is 27.6 Å². The molecule has 1 fully saturated rings. The molecule has 0 aliphatic heterocycles. The molecule has 1 heterocycles. The lowest BCUT2D eigenvalue weighted by molar-refractivity contribution is -0.144. The molecule has 10 nitrogen and oxygen atoms in total. The lowest BCUT2D eigenvalue weighted by atomic mass is 9.59. The minimum atomic E-state index is -4.94. The summed E-state index contributed by atoms with van der Waals surface area (Å²) in [5.74, 6) is -0.0760. The van der Waals surface area contributed by atoms with Gasteiger partial charge in [-0.25, -0.2) is 9.36 Å². The van der Waals surface area contributed by atoms with Crippen LogP contribution in [-0.4, -0.2) is 43.1 Å². The van der Waals surface area contributed by atoms with Gasteiger partial charge in [0, 0.05) is 28.2 Å². The van der Waals surface area contributed by atoms with Crippen molar-refractivity contribution >= 4 is 31.1 Å². The van der Waals surface area contributed by atoms with E-state index in [0.717, 1.165) is 48.3 Å². The molecule has 0 saturated heterocycles. The van der Waals surface area contributed by atoms with Crippen LogP contribution < -0.4 is 14.6 Å². The summed E-state index contributed by atoms with van der Waals surface area (Å²) in [4.78, 5) is 36.5. The van der Waals surface area contributed by atoms with Crippen LogP contribution in [0.5, 0.6) is 17.2 Å². The zero-order chi connectivity index (χ0) is 33.6. The largest absolute Gasteiger partial charge is 0.524 e. The molecule has 0 radical (unpaired) electrons. The van der Waals surface area contributed by atoms with Crippen molar-refractivity contribution in [3.8, 4) is 17.2 Å². The van der Waals surface area contributed by atoms with Crippen LogP contribution in [0.1, 0.15) is 87.1 Å². The Morgan fingerprint density at radius 2 is 1.91 bits per heavy atom. The molecule has 2 aromatic carbocycles. The van der Waals surface area contributed by atoms with Gasteiger partial charge < -0.3 is 24.8 Å². The molecule has 0 amide bonds. The van der Waals surface area contributed by atoms with Crippen LogP contribution in [0.4, 0.5) is 5.69 Å². The first-order valence-electron chi connectivity index (χ1n) is 16.3. The number of hydrogen-bond acceptors (Lipinski definition) is 7. The zero-order valence-electron chi connectivity index (χ0n) is 26.6. The highest BCUT2D eigenvalue weighted by molar-refractivity contribution is 7.46. The van der Waals surface area contributed by atoms with E-state index >= 15 is 0 Å². The number of aryl methyl sites for hydroxylation is 1. The number of aromatic hydroxyl groups is 1. The number of halogens is 1. The number of aromatic nitrogens is 1. The van der Waals surface area contributed by atoms with Crippen molar-refractivity contribution in [2.75, 3.05) is 11.9 Å². The summed E-state index contributed by atoms with van der Waals surface area (Å²) >= 11 is 6.20. The number of benzene rings is 2. The number of fused-ring (bicyclic) bond motifs is 3. The summed E-state index contributed by atoms with van der Waals surface area (Å²) in [6.07, 6.45) is 8.05. The van der Waals surface area contributed by atoms with Crippen LogP contribution in [0.3, 0.4) is 0 Å². The molecule has 1 aromatic heterocycles. The van der Waals surface area contributed by atoms with E-state index < -0.39 is 24.7 Å². The number of nitrogens with one attached hydrogen (secondary N) is 1. The molecule has 47 heavy (non-hydrogen) atoms. The Hall–Kier alpha value is -3.30. The predicted molar refractivity (Wildman–Crippen MR) is 178 cm³/mol. The minimum Gasteiger partial charge on any atom is -0.504 e. The maximum atomic E-state index is 12.8. The topological polar surface area (TPSA) is 158 Å². The number of pyridine rings is 1. The van der Waals surface area contributed by atoms with E-state index in [1.165, 1.54) is 11.6 Å². The third kappa shape index (κ3) is 6.84. The van der Waals surface area contributed by atoms with E-state index in [1.54, 1.807) is 30.3 Å². The van der Waals surface area contributed by atoms with E-state index in [2.05, 4.69) is 24.1 Å². The summed E-state index contributed by atoms with van der Waals surface area (Å²) < 4.78 is 23.1. The first-order chi connectivity index (χ1) is 22.3. The van der Waals surface area contributed by atoms with Crippen molar-refractivity contribution in [1.82, 2.24) is 4.98 Å². The first-order valence-corrected chi connectivity index (χ1v) is 18.2. The number of anilines is 1. The van der Waals surface area contributed by atoms with Crippen LogP contribution in [0, 0.1) is 11.8 Å². The van der Waals surface area contributed by atoms with E-state index in [-0.39, 0.29) is 23.3 Å². The Morgan fingerprint density at radius 1 is 1.15 bits per heavy atom. The van der Waals surface area contributed by atoms with Gasteiger partial charge in [0.2, 0.25) is 0 Å². The fourth-order valence-electron chi connectivity index (χ4n) is 8.32. The van der Waals surface area contributed by atoms with E-state index in [1.807, 2.05) is 12.3 Å². The number of phosphoric ester groups is 1. The SMILES string of the molecule is C[C@@H](COc1ccnc2c1[C@H](C)CCC2)CC1Cc2cc(O)c(OP(=O)(O)O)cc2C12CCC(Nc1cccc(Cl)c1)(C(=O)O)CC2. The van der Waals surface area contributed by atoms with Crippen LogP contribution in [0.25, 0.3) is 0 Å². The van der Waals surface area contributed by atoms with Crippen molar-refractivity contribution in [3.05, 3.63) is 76.1 Å². The Bertz CT molecular complexity index is 1700. The van der Waals surface area contributed by atoms with Crippen molar-refractivity contribution in [3.63, 3.8) is 0 Å². The van der Waals surface area contributed by atoms with Gasteiger partial charge in [0.15, 0.2) is 11.5 Å². The van der Waals surface area contributed by atoms with Gasteiger partial charge in [-0.2, -0.15) is 0 Å². The van der Waals surface area contributed by atoms with E-state index in [0.29, 0.717) is 55.3 Å². The number of carboxylic acids is 1. The number of nitrogens with zero attached hydrogens (tertiary/aromatic N) is 1. The Labute approximate surface area is 279 Å². The molecule has 3 atom stereocenters. The fourth-order valence-corrected chi connectivity index (χ4v) is 8.92. The highest BCUT2D eigenvalue weighted by Gasteiger charge is 2.54. The third-order valence-corrected chi connectivity index (χ3v) is 11.3. The molecule has 6 rings (SSSR count). The van der Waals surface area contributed by atoms with Gasteiger partial charge in [0.25, 0.3) is 0 Å². The number of phosphoric acid groups is 1. The molecule has 1 saturated carbocycles. The Balaban J connectivity index is 1.27. The number of phenols is 1. The van der Waals surface area contributed by atoms with Gasteiger partial charge in [0.05, 0.1) is 6.61 Å². The van der Waals surface area contributed by atoms with Gasteiger partial charge in [0.1, 0.15) is 11.3 Å². The number of aliphatic carboxylic acids is 1. The van der Waals surface area contributed by atoms with Gasteiger partial charge in [-0.1, -0.05) is 31.5 Å². The molecule has 252 valence electrons. The lowest BCUT2D eigenvalue weighted by Gasteiger charge is -2.47. The molecule has 1 spiro atoms. The van der Waals surface area contributed by atoms with Crippen molar-refractivity contribution in [2.45, 2.75) is 88.5 Å². The molecule has 0 bridgehead atoms. The second kappa shape index (κ2) is 13.0. The number of hydrogen-bond donors (Lipinski definition) is 5. The van der Waals surface area contributed by atoms with Crippen LogP contribution >= 0.6 is 19.4 Å². The van der Waals surface area contributed by atoms with Crippen LogP contribution in [0.15, 0.2) is 48.7 Å². The Kier molecular flexibility index (Phi) is 9.26. The maximum absolute atomic E-state index is 12.8. The first kappa shape index (κ1) is 33.6. The third-order valence-electron chi connectivity index (χ3n) is 10.6. The molecule has 12 heteroatoms. The summed E-state index contributed by atoms with van der Waals surface area (Å²) in [6, 6.07) is 12.1. The van der Waals surface area contributed by atoms with Crippen molar-refractivity contribution in [2.24, 2.45) is 11.8 Å². The van der Waals surface area contributed by atoms with Gasteiger partial charge in [-0.15, -0.1) is 0 Å². The second-order valence-electron chi connectivity index (χ2n) is 13.8. The number of carboxylic acid groups (broad SMARTS) is 1. The van der Waals surface area contributed by atoms with E-state index in [4.69, 9.17) is 20.9 Å². The lowest BCUT2D eigenvalue weighted by Crippen LogP contribution is -2.53.